The minimum absolute atomic E-state index is 0.103. The van der Waals surface area contributed by atoms with Gasteiger partial charge in [-0.05, 0) is 36.4 Å². The first-order chi connectivity index (χ1) is 11.5. The number of nitrogens with zero attached hydrogens (tertiary/aromatic N) is 1. The molecule has 7 heteroatoms. The van der Waals surface area contributed by atoms with Crippen LogP contribution in [0.15, 0.2) is 42.6 Å². The molecular formula is C17H13F3N2O2. The highest BCUT2D eigenvalue weighted by molar-refractivity contribution is 5.92. The number of ether oxygens (including phenoxy) is 1. The minimum Gasteiger partial charge on any atom is -0.497 e. The van der Waals surface area contributed by atoms with Gasteiger partial charge in [0, 0.05) is 17.1 Å². The SMILES string of the molecule is COc1ccc2c(ccn2CC(=O)Nc2ccc(F)c(F)c2F)c1. The zero-order valence-electron chi connectivity index (χ0n) is 12.6. The van der Waals surface area contributed by atoms with Gasteiger partial charge in [-0.15, -0.1) is 0 Å². The summed E-state index contributed by atoms with van der Waals surface area (Å²) in [5.74, 6) is -4.23. The molecule has 0 bridgehead atoms. The number of carbonyl (C=O) groups is 1. The second-order valence-electron chi connectivity index (χ2n) is 5.14. The first-order valence-electron chi connectivity index (χ1n) is 7.06. The largest absolute Gasteiger partial charge is 0.497 e. The number of methoxy groups -OCH3 is 1. The molecule has 3 rings (SSSR count). The van der Waals surface area contributed by atoms with E-state index in [-0.39, 0.29) is 6.54 Å². The van der Waals surface area contributed by atoms with E-state index in [4.69, 9.17) is 4.74 Å². The molecule has 0 aliphatic heterocycles. The van der Waals surface area contributed by atoms with Crippen molar-refractivity contribution in [2.75, 3.05) is 12.4 Å². The van der Waals surface area contributed by atoms with E-state index < -0.39 is 29.0 Å². The Labute approximate surface area is 135 Å². The maximum atomic E-state index is 13.6. The topological polar surface area (TPSA) is 43.3 Å². The van der Waals surface area contributed by atoms with Crippen LogP contribution in [0.4, 0.5) is 18.9 Å². The minimum atomic E-state index is -1.62. The fourth-order valence-corrected chi connectivity index (χ4v) is 2.41. The lowest BCUT2D eigenvalue weighted by Crippen LogP contribution is -2.19. The van der Waals surface area contributed by atoms with Crippen molar-refractivity contribution in [2.24, 2.45) is 0 Å². The molecule has 0 saturated heterocycles. The molecule has 124 valence electrons. The normalized spacial score (nSPS) is 10.8. The van der Waals surface area contributed by atoms with Gasteiger partial charge in [0.25, 0.3) is 0 Å². The van der Waals surface area contributed by atoms with Crippen molar-refractivity contribution in [1.82, 2.24) is 4.57 Å². The van der Waals surface area contributed by atoms with Gasteiger partial charge in [0.15, 0.2) is 17.5 Å². The molecule has 0 spiro atoms. The number of amides is 1. The second kappa shape index (κ2) is 6.27. The Balaban J connectivity index is 1.79. The van der Waals surface area contributed by atoms with Gasteiger partial charge in [-0.2, -0.15) is 0 Å². The summed E-state index contributed by atoms with van der Waals surface area (Å²) < 4.78 is 46.4. The first-order valence-corrected chi connectivity index (χ1v) is 7.06. The molecule has 0 aliphatic rings. The number of fused-ring (bicyclic) bond motifs is 1. The van der Waals surface area contributed by atoms with Crippen LogP contribution in [0.3, 0.4) is 0 Å². The average Bonchev–Trinajstić information content (AvgIpc) is 2.97. The molecule has 0 fully saturated rings. The van der Waals surface area contributed by atoms with E-state index in [1.165, 1.54) is 0 Å². The van der Waals surface area contributed by atoms with Crippen molar-refractivity contribution in [1.29, 1.82) is 0 Å². The maximum Gasteiger partial charge on any atom is 0.244 e. The lowest BCUT2D eigenvalue weighted by atomic mass is 10.2. The fraction of sp³-hybridized carbons (Fsp3) is 0.118. The zero-order valence-corrected chi connectivity index (χ0v) is 12.6. The Morgan fingerprint density at radius 1 is 1.12 bits per heavy atom. The third-order valence-electron chi connectivity index (χ3n) is 3.60. The molecule has 3 aromatic rings. The van der Waals surface area contributed by atoms with E-state index in [1.807, 2.05) is 12.1 Å². The van der Waals surface area contributed by atoms with Crippen molar-refractivity contribution in [3.05, 3.63) is 60.0 Å². The maximum absolute atomic E-state index is 13.6. The van der Waals surface area contributed by atoms with E-state index in [0.717, 1.165) is 23.0 Å². The summed E-state index contributed by atoms with van der Waals surface area (Å²) in [6.45, 7) is -0.103. The lowest BCUT2D eigenvalue weighted by molar-refractivity contribution is -0.116. The van der Waals surface area contributed by atoms with Gasteiger partial charge >= 0.3 is 0 Å². The van der Waals surface area contributed by atoms with Gasteiger partial charge in [-0.1, -0.05) is 0 Å². The number of benzene rings is 2. The molecule has 1 N–H and O–H groups in total. The van der Waals surface area contributed by atoms with Gasteiger partial charge < -0.3 is 14.6 Å². The summed E-state index contributed by atoms with van der Waals surface area (Å²) in [4.78, 5) is 12.1. The van der Waals surface area contributed by atoms with E-state index >= 15 is 0 Å². The van der Waals surface area contributed by atoms with Crippen molar-refractivity contribution in [3.63, 3.8) is 0 Å². The van der Waals surface area contributed by atoms with E-state index in [2.05, 4.69) is 5.32 Å². The summed E-state index contributed by atoms with van der Waals surface area (Å²) in [5.41, 5.74) is 0.383. The Hall–Kier alpha value is -2.96. The third-order valence-corrected chi connectivity index (χ3v) is 3.60. The van der Waals surface area contributed by atoms with Crippen LogP contribution in [0.1, 0.15) is 0 Å². The average molecular weight is 334 g/mol. The van der Waals surface area contributed by atoms with Crippen LogP contribution in [0.2, 0.25) is 0 Å². The number of carbonyl (C=O) groups excluding carboxylic acids is 1. The number of anilines is 1. The predicted octanol–water partition coefficient (Wildman–Crippen LogP) is 3.71. The molecule has 1 heterocycles. The third kappa shape index (κ3) is 2.92. The van der Waals surface area contributed by atoms with Gasteiger partial charge in [-0.3, -0.25) is 4.79 Å². The first kappa shape index (κ1) is 15.9. The molecule has 4 nitrogen and oxygen atoms in total. The highest BCUT2D eigenvalue weighted by Gasteiger charge is 2.15. The summed E-state index contributed by atoms with van der Waals surface area (Å²) >= 11 is 0. The van der Waals surface area contributed by atoms with E-state index in [0.29, 0.717) is 5.75 Å². The van der Waals surface area contributed by atoms with Crippen LogP contribution < -0.4 is 10.1 Å². The van der Waals surface area contributed by atoms with Crippen LogP contribution in [-0.4, -0.2) is 17.6 Å². The highest BCUT2D eigenvalue weighted by Crippen LogP contribution is 2.23. The van der Waals surface area contributed by atoms with Crippen molar-refractivity contribution in [3.8, 4) is 5.75 Å². The molecule has 0 saturated carbocycles. The van der Waals surface area contributed by atoms with Crippen LogP contribution in [0.5, 0.6) is 5.75 Å². The van der Waals surface area contributed by atoms with E-state index in [9.17, 15) is 18.0 Å². The quantitative estimate of drug-likeness (QED) is 0.739. The van der Waals surface area contributed by atoms with Gasteiger partial charge in [0.2, 0.25) is 5.91 Å². The van der Waals surface area contributed by atoms with Crippen molar-refractivity contribution in [2.45, 2.75) is 6.54 Å². The Bertz CT molecular complexity index is 922. The Kier molecular flexibility index (Phi) is 4.16. The van der Waals surface area contributed by atoms with Gasteiger partial charge in [0.1, 0.15) is 12.3 Å². The number of halogens is 3. The molecular weight excluding hydrogens is 321 g/mol. The highest BCUT2D eigenvalue weighted by atomic mass is 19.2. The van der Waals surface area contributed by atoms with Crippen LogP contribution in [-0.2, 0) is 11.3 Å². The summed E-state index contributed by atoms with van der Waals surface area (Å²) in [7, 11) is 1.56. The number of rotatable bonds is 4. The lowest BCUT2D eigenvalue weighted by Gasteiger charge is -2.09. The van der Waals surface area contributed by atoms with Crippen molar-refractivity contribution < 1.29 is 22.7 Å². The number of aromatic nitrogens is 1. The van der Waals surface area contributed by atoms with Crippen LogP contribution in [0.25, 0.3) is 10.9 Å². The number of hydrogen-bond acceptors (Lipinski definition) is 2. The molecule has 0 radical (unpaired) electrons. The van der Waals surface area contributed by atoms with Crippen molar-refractivity contribution >= 4 is 22.5 Å². The van der Waals surface area contributed by atoms with Gasteiger partial charge in [0.05, 0.1) is 12.8 Å². The molecule has 0 atom stereocenters. The van der Waals surface area contributed by atoms with Gasteiger partial charge in [-0.25, -0.2) is 13.2 Å². The monoisotopic (exact) mass is 334 g/mol. The molecule has 24 heavy (non-hydrogen) atoms. The number of hydrogen-bond donors (Lipinski definition) is 1. The Morgan fingerprint density at radius 2 is 1.92 bits per heavy atom. The second-order valence-corrected chi connectivity index (χ2v) is 5.14. The predicted molar refractivity (Wildman–Crippen MR) is 83.4 cm³/mol. The van der Waals surface area contributed by atoms with Crippen LogP contribution in [0, 0.1) is 17.5 Å². The number of nitrogens with one attached hydrogen (secondary N) is 1. The zero-order chi connectivity index (χ0) is 17.3. The molecule has 1 amide bonds. The van der Waals surface area contributed by atoms with E-state index in [1.54, 1.807) is 30.0 Å². The molecule has 0 unspecified atom stereocenters. The molecule has 0 aliphatic carbocycles. The van der Waals surface area contributed by atoms with Crippen LogP contribution >= 0.6 is 0 Å². The standard InChI is InChI=1S/C17H13F3N2O2/c1-24-11-2-5-14-10(8-11)6-7-22(14)9-15(23)21-13-4-3-12(18)16(19)17(13)20/h2-8H,9H2,1H3,(H,21,23). The molecule has 2 aromatic carbocycles. The summed E-state index contributed by atoms with van der Waals surface area (Å²) in [6, 6.07) is 8.91. The molecule has 1 aromatic heterocycles. The smallest absolute Gasteiger partial charge is 0.244 e. The summed E-state index contributed by atoms with van der Waals surface area (Å²) in [6.07, 6.45) is 1.70. The Morgan fingerprint density at radius 3 is 2.67 bits per heavy atom. The fourth-order valence-electron chi connectivity index (χ4n) is 2.41. The summed E-state index contributed by atoms with van der Waals surface area (Å²) in [5, 5.41) is 3.11.